The van der Waals surface area contributed by atoms with Gasteiger partial charge < -0.3 is 9.47 Å². The molecule has 1 aliphatic rings. The van der Waals surface area contributed by atoms with Crippen LogP contribution < -0.4 is 4.74 Å². The molecule has 2 amide bonds. The standard InChI is InChI=1S/C21H17BrN2O7S/c1-12(20(26)30-2)23-19(25)18(32-21(23)27)10-14-5-8-17(16(22)9-14)31-11-13-3-6-15(7-4-13)24(28)29/h3-10,12H,11H2,1-2H3/b18-10+/t12-/m0/s1. The van der Waals surface area contributed by atoms with Crippen LogP contribution in [0.15, 0.2) is 51.8 Å². The Morgan fingerprint density at radius 2 is 1.94 bits per heavy atom. The molecule has 2 aromatic rings. The van der Waals surface area contributed by atoms with Gasteiger partial charge in [0.25, 0.3) is 16.8 Å². The molecule has 0 spiro atoms. The number of hydrogen-bond acceptors (Lipinski definition) is 8. The summed E-state index contributed by atoms with van der Waals surface area (Å²) < 4.78 is 11.0. The number of carbonyl (C=O) groups excluding carboxylic acids is 3. The summed E-state index contributed by atoms with van der Waals surface area (Å²) in [6.45, 7) is 1.64. The summed E-state index contributed by atoms with van der Waals surface area (Å²) in [5, 5.41) is 10.2. The van der Waals surface area contributed by atoms with E-state index in [0.717, 1.165) is 22.2 Å². The molecule has 1 fully saturated rings. The van der Waals surface area contributed by atoms with E-state index >= 15 is 0 Å². The van der Waals surface area contributed by atoms with Crippen LogP contribution in [0.5, 0.6) is 5.75 Å². The molecule has 0 aliphatic carbocycles. The summed E-state index contributed by atoms with van der Waals surface area (Å²) >= 11 is 4.17. The van der Waals surface area contributed by atoms with Crippen LogP contribution in [0.25, 0.3) is 6.08 Å². The Bertz CT molecular complexity index is 1120. The van der Waals surface area contributed by atoms with E-state index in [9.17, 15) is 24.5 Å². The molecule has 0 unspecified atom stereocenters. The molecule has 0 N–H and O–H groups in total. The highest BCUT2D eigenvalue weighted by molar-refractivity contribution is 9.10. The van der Waals surface area contributed by atoms with Crippen molar-refractivity contribution in [2.24, 2.45) is 0 Å². The molecule has 32 heavy (non-hydrogen) atoms. The molecule has 0 radical (unpaired) electrons. The fourth-order valence-electron chi connectivity index (χ4n) is 2.84. The molecular weight excluding hydrogens is 504 g/mol. The average molecular weight is 521 g/mol. The number of imide groups is 1. The van der Waals surface area contributed by atoms with Crippen LogP contribution in [0.1, 0.15) is 18.1 Å². The van der Waals surface area contributed by atoms with E-state index in [1.807, 2.05) is 0 Å². The number of thioether (sulfide) groups is 1. The number of esters is 1. The lowest BCUT2D eigenvalue weighted by Gasteiger charge is -2.18. The molecule has 9 nitrogen and oxygen atoms in total. The molecule has 1 saturated heterocycles. The zero-order chi connectivity index (χ0) is 23.4. The highest BCUT2D eigenvalue weighted by atomic mass is 79.9. The molecular formula is C21H17BrN2O7S. The van der Waals surface area contributed by atoms with Crippen molar-refractivity contribution in [2.45, 2.75) is 19.6 Å². The van der Waals surface area contributed by atoms with E-state index in [-0.39, 0.29) is 17.2 Å². The maximum Gasteiger partial charge on any atom is 0.328 e. The lowest BCUT2D eigenvalue weighted by molar-refractivity contribution is -0.384. The number of nitro groups is 1. The van der Waals surface area contributed by atoms with Gasteiger partial charge in [0.15, 0.2) is 0 Å². The van der Waals surface area contributed by atoms with Crippen LogP contribution >= 0.6 is 27.7 Å². The Labute approximate surface area is 195 Å². The van der Waals surface area contributed by atoms with Gasteiger partial charge in [-0.1, -0.05) is 6.07 Å². The first kappa shape index (κ1) is 23.5. The number of nitrogens with zero attached hydrogens (tertiary/aromatic N) is 2. The van der Waals surface area contributed by atoms with E-state index in [1.54, 1.807) is 36.4 Å². The normalized spacial score (nSPS) is 15.7. The highest BCUT2D eigenvalue weighted by Gasteiger charge is 2.41. The predicted molar refractivity (Wildman–Crippen MR) is 121 cm³/mol. The zero-order valence-corrected chi connectivity index (χ0v) is 19.3. The van der Waals surface area contributed by atoms with E-state index in [0.29, 0.717) is 15.8 Å². The molecule has 1 aliphatic heterocycles. The van der Waals surface area contributed by atoms with Crippen LogP contribution in [0.2, 0.25) is 0 Å². The van der Waals surface area contributed by atoms with Crippen molar-refractivity contribution < 1.29 is 28.8 Å². The lowest BCUT2D eigenvalue weighted by atomic mass is 10.2. The number of ether oxygens (including phenoxy) is 2. The SMILES string of the molecule is COC(=O)[C@H](C)N1C(=O)S/C(=C/c2ccc(OCc3ccc([N+](=O)[O-])cc3)c(Br)c2)C1=O. The maximum atomic E-state index is 12.6. The predicted octanol–water partition coefficient (Wildman–Crippen LogP) is 4.53. The molecule has 11 heteroatoms. The third-order valence-corrected chi connectivity index (χ3v) is 6.05. The molecule has 1 atom stereocenters. The molecule has 3 rings (SSSR count). The number of benzene rings is 2. The Kier molecular flexibility index (Phi) is 7.31. The number of nitro benzene ring substituents is 1. The third kappa shape index (κ3) is 5.17. The molecule has 1 heterocycles. The Hall–Kier alpha value is -3.18. The molecule has 0 saturated carbocycles. The van der Waals surface area contributed by atoms with Gasteiger partial charge in [0, 0.05) is 12.1 Å². The number of methoxy groups -OCH3 is 1. The van der Waals surface area contributed by atoms with Gasteiger partial charge >= 0.3 is 5.97 Å². The van der Waals surface area contributed by atoms with E-state index in [4.69, 9.17) is 4.74 Å². The Morgan fingerprint density at radius 1 is 1.25 bits per heavy atom. The van der Waals surface area contributed by atoms with Crippen LogP contribution in [0, 0.1) is 10.1 Å². The van der Waals surface area contributed by atoms with E-state index < -0.39 is 28.1 Å². The number of rotatable bonds is 7. The second-order valence-corrected chi connectivity index (χ2v) is 8.50. The van der Waals surface area contributed by atoms with Gasteiger partial charge in [-0.2, -0.15) is 0 Å². The van der Waals surface area contributed by atoms with E-state index in [2.05, 4.69) is 20.7 Å². The third-order valence-electron chi connectivity index (χ3n) is 4.55. The number of hydrogen-bond donors (Lipinski definition) is 0. The van der Waals surface area contributed by atoms with Gasteiger partial charge in [0.05, 0.1) is 21.4 Å². The van der Waals surface area contributed by atoms with Crippen molar-refractivity contribution in [3.05, 3.63) is 73.1 Å². The number of non-ortho nitro benzene ring substituents is 1. The summed E-state index contributed by atoms with van der Waals surface area (Å²) in [5.74, 6) is -0.703. The second-order valence-electron chi connectivity index (χ2n) is 6.65. The molecule has 166 valence electrons. The number of carbonyl (C=O) groups is 3. The fourth-order valence-corrected chi connectivity index (χ4v) is 4.26. The minimum absolute atomic E-state index is 0.00433. The molecule has 0 bridgehead atoms. The largest absolute Gasteiger partial charge is 0.488 e. The number of amides is 2. The Balaban J connectivity index is 1.70. The fraction of sp³-hybridized carbons (Fsp3) is 0.190. The summed E-state index contributed by atoms with van der Waals surface area (Å²) in [6, 6.07) is 10.2. The van der Waals surface area contributed by atoms with Crippen molar-refractivity contribution in [3.8, 4) is 5.75 Å². The van der Waals surface area contributed by atoms with E-state index in [1.165, 1.54) is 26.2 Å². The highest BCUT2D eigenvalue weighted by Crippen LogP contribution is 2.35. The summed E-state index contributed by atoms with van der Waals surface area (Å²) in [6.07, 6.45) is 1.56. The minimum Gasteiger partial charge on any atom is -0.488 e. The lowest BCUT2D eigenvalue weighted by Crippen LogP contribution is -2.42. The summed E-state index contributed by atoms with van der Waals surface area (Å²) in [7, 11) is 1.19. The van der Waals surface area contributed by atoms with Gasteiger partial charge in [0.1, 0.15) is 18.4 Å². The second kappa shape index (κ2) is 9.96. The quantitative estimate of drug-likeness (QED) is 0.226. The summed E-state index contributed by atoms with van der Waals surface area (Å²) in [4.78, 5) is 47.8. The van der Waals surface area contributed by atoms with Crippen molar-refractivity contribution >= 4 is 56.6 Å². The van der Waals surface area contributed by atoms with Crippen LogP contribution in [0.3, 0.4) is 0 Å². The maximum absolute atomic E-state index is 12.6. The number of halogens is 1. The first-order valence-electron chi connectivity index (χ1n) is 9.22. The van der Waals surface area contributed by atoms with Crippen LogP contribution in [0.4, 0.5) is 10.5 Å². The van der Waals surface area contributed by atoms with Crippen LogP contribution in [-0.4, -0.2) is 40.1 Å². The minimum atomic E-state index is -1.01. The average Bonchev–Trinajstić information content (AvgIpc) is 3.05. The summed E-state index contributed by atoms with van der Waals surface area (Å²) in [5.41, 5.74) is 1.42. The van der Waals surface area contributed by atoms with Gasteiger partial charge in [-0.05, 0) is 76.1 Å². The van der Waals surface area contributed by atoms with Crippen molar-refractivity contribution in [1.29, 1.82) is 0 Å². The van der Waals surface area contributed by atoms with Crippen molar-refractivity contribution in [2.75, 3.05) is 7.11 Å². The molecule has 2 aromatic carbocycles. The van der Waals surface area contributed by atoms with Gasteiger partial charge in [-0.25, -0.2) is 4.79 Å². The Morgan fingerprint density at radius 3 is 2.53 bits per heavy atom. The molecule has 0 aromatic heterocycles. The van der Waals surface area contributed by atoms with Crippen LogP contribution in [-0.2, 0) is 20.9 Å². The van der Waals surface area contributed by atoms with Crippen molar-refractivity contribution in [3.63, 3.8) is 0 Å². The first-order chi connectivity index (χ1) is 15.2. The van der Waals surface area contributed by atoms with Gasteiger partial charge in [-0.15, -0.1) is 0 Å². The van der Waals surface area contributed by atoms with Crippen molar-refractivity contribution in [1.82, 2.24) is 4.90 Å². The monoisotopic (exact) mass is 520 g/mol. The zero-order valence-electron chi connectivity index (χ0n) is 16.9. The first-order valence-corrected chi connectivity index (χ1v) is 10.8. The van der Waals surface area contributed by atoms with Gasteiger partial charge in [-0.3, -0.25) is 24.6 Å². The topological polar surface area (TPSA) is 116 Å². The smallest absolute Gasteiger partial charge is 0.328 e. The van der Waals surface area contributed by atoms with Gasteiger partial charge in [0.2, 0.25) is 0 Å².